The van der Waals surface area contributed by atoms with Crippen LogP contribution < -0.4 is 9.80 Å². The Kier molecular flexibility index (Phi) is 6.37. The molecule has 162 valence electrons. The first kappa shape index (κ1) is 21.7. The van der Waals surface area contributed by atoms with Crippen molar-refractivity contribution in [1.82, 2.24) is 15.0 Å². The van der Waals surface area contributed by atoms with Crippen molar-refractivity contribution >= 4 is 17.7 Å². The van der Waals surface area contributed by atoms with Crippen molar-refractivity contribution in [2.45, 2.75) is 25.4 Å². The number of hydrogen-bond acceptors (Lipinski definition) is 6. The van der Waals surface area contributed by atoms with E-state index in [0.29, 0.717) is 5.95 Å². The van der Waals surface area contributed by atoms with E-state index in [1.807, 2.05) is 18.3 Å². The summed E-state index contributed by atoms with van der Waals surface area (Å²) in [5, 5.41) is 7.12. The number of aromatic nitrogens is 3. The average Bonchev–Trinajstić information content (AvgIpc) is 3.12. The predicted octanol–water partition coefficient (Wildman–Crippen LogP) is 3.14. The van der Waals surface area contributed by atoms with Gasteiger partial charge in [-0.1, -0.05) is 6.07 Å². The predicted molar refractivity (Wildman–Crippen MR) is 101 cm³/mol. The number of carboxylic acids is 1. The summed E-state index contributed by atoms with van der Waals surface area (Å²) < 4.78 is 44.8. The van der Waals surface area contributed by atoms with Crippen LogP contribution in [0.5, 0.6) is 0 Å². The maximum Gasteiger partial charge on any atom is 0.490 e. The highest BCUT2D eigenvalue weighted by atomic mass is 19.4. The number of carbonyl (C=O) groups is 1. The van der Waals surface area contributed by atoms with Gasteiger partial charge in [0.25, 0.3) is 0 Å². The molecular weight excluding hydrogens is 406 g/mol. The van der Waals surface area contributed by atoms with Crippen LogP contribution in [0.3, 0.4) is 0 Å². The number of hydrogen-bond donors (Lipinski definition) is 1. The molecular formula is C19H21F4N5O2. The fraction of sp³-hybridized carbons (Fsp3) is 0.474. The van der Waals surface area contributed by atoms with E-state index < -0.39 is 12.1 Å². The highest BCUT2D eigenvalue weighted by Gasteiger charge is 2.42. The first-order chi connectivity index (χ1) is 14.2. The van der Waals surface area contributed by atoms with Crippen molar-refractivity contribution in [3.63, 3.8) is 0 Å². The van der Waals surface area contributed by atoms with Crippen molar-refractivity contribution in [3.8, 4) is 0 Å². The van der Waals surface area contributed by atoms with Crippen molar-refractivity contribution in [3.05, 3.63) is 42.6 Å². The maximum absolute atomic E-state index is 13.0. The maximum atomic E-state index is 13.0. The van der Waals surface area contributed by atoms with Gasteiger partial charge in [-0.15, -0.1) is 0 Å². The summed E-state index contributed by atoms with van der Waals surface area (Å²) in [4.78, 5) is 26.2. The third-order valence-electron chi connectivity index (χ3n) is 5.21. The van der Waals surface area contributed by atoms with Crippen molar-refractivity contribution in [2.75, 3.05) is 36.0 Å². The summed E-state index contributed by atoms with van der Waals surface area (Å²) in [6.45, 7) is 3.93. The van der Waals surface area contributed by atoms with Crippen molar-refractivity contribution < 1.29 is 27.5 Å². The van der Waals surface area contributed by atoms with E-state index in [4.69, 9.17) is 9.90 Å². The zero-order chi connectivity index (χ0) is 21.8. The number of nitrogens with zero attached hydrogens (tertiary/aromatic N) is 5. The van der Waals surface area contributed by atoms with Gasteiger partial charge in [-0.3, -0.25) is 0 Å². The Morgan fingerprint density at radius 2 is 1.70 bits per heavy atom. The minimum absolute atomic E-state index is 0.257. The van der Waals surface area contributed by atoms with Gasteiger partial charge in [-0.2, -0.15) is 13.2 Å². The highest BCUT2D eigenvalue weighted by molar-refractivity contribution is 5.73. The van der Waals surface area contributed by atoms with Crippen LogP contribution in [0.4, 0.5) is 29.3 Å². The fourth-order valence-electron chi connectivity index (χ4n) is 3.85. The first-order valence-electron chi connectivity index (χ1n) is 9.37. The van der Waals surface area contributed by atoms with Crippen LogP contribution in [0.1, 0.15) is 19.3 Å². The second-order valence-electron chi connectivity index (χ2n) is 7.39. The van der Waals surface area contributed by atoms with Crippen LogP contribution >= 0.6 is 0 Å². The van der Waals surface area contributed by atoms with Crippen molar-refractivity contribution in [2.24, 2.45) is 5.41 Å². The lowest BCUT2D eigenvalue weighted by atomic mass is 9.79. The monoisotopic (exact) mass is 427 g/mol. The summed E-state index contributed by atoms with van der Waals surface area (Å²) in [7, 11) is 0. The second-order valence-corrected chi connectivity index (χ2v) is 7.39. The van der Waals surface area contributed by atoms with Crippen LogP contribution in [-0.2, 0) is 4.79 Å². The molecule has 7 nitrogen and oxygen atoms in total. The molecule has 0 bridgehead atoms. The molecule has 2 saturated heterocycles. The number of carboxylic acid groups (broad SMARTS) is 1. The molecule has 0 saturated carbocycles. The molecule has 1 N–H and O–H groups in total. The van der Waals surface area contributed by atoms with E-state index in [1.54, 1.807) is 0 Å². The molecule has 4 rings (SSSR count). The zero-order valence-corrected chi connectivity index (χ0v) is 16.0. The lowest BCUT2D eigenvalue weighted by Gasteiger charge is -2.40. The minimum Gasteiger partial charge on any atom is -0.475 e. The number of piperidine rings is 1. The van der Waals surface area contributed by atoms with Gasteiger partial charge < -0.3 is 14.9 Å². The molecule has 2 fully saturated rings. The van der Waals surface area contributed by atoms with E-state index in [-0.39, 0.29) is 11.2 Å². The summed E-state index contributed by atoms with van der Waals surface area (Å²) in [6.07, 6.45) is 2.75. The standard InChI is InChI=1S/C17H20FN5.C2HF3O2/c18-14-10-20-16(21-11-14)23-8-3-5-17(13-23)6-9-22(12-17)15-4-1-2-7-19-15;3-2(4,5)1(6)7/h1-2,4,7,10-11H,3,5-6,8-9,12-13H2;(H,6,7). The summed E-state index contributed by atoms with van der Waals surface area (Å²) in [5.74, 6) is -1.45. The number of aliphatic carboxylic acids is 1. The molecule has 1 spiro atoms. The fourth-order valence-corrected chi connectivity index (χ4v) is 3.85. The molecule has 1 atom stereocenters. The Bertz CT molecular complexity index is 850. The molecule has 2 aliphatic heterocycles. The molecule has 4 heterocycles. The van der Waals surface area contributed by atoms with E-state index in [1.165, 1.54) is 18.8 Å². The van der Waals surface area contributed by atoms with E-state index >= 15 is 0 Å². The number of pyridine rings is 1. The van der Waals surface area contributed by atoms with Gasteiger partial charge in [0, 0.05) is 37.8 Å². The lowest BCUT2D eigenvalue weighted by Crippen LogP contribution is -2.45. The Morgan fingerprint density at radius 3 is 2.30 bits per heavy atom. The van der Waals surface area contributed by atoms with Gasteiger partial charge in [0.1, 0.15) is 5.82 Å². The van der Waals surface area contributed by atoms with Gasteiger partial charge in [0.05, 0.1) is 12.4 Å². The first-order valence-corrected chi connectivity index (χ1v) is 9.37. The Hall–Kier alpha value is -2.98. The van der Waals surface area contributed by atoms with Crippen molar-refractivity contribution in [1.29, 1.82) is 0 Å². The Balaban J connectivity index is 0.000000318. The third-order valence-corrected chi connectivity index (χ3v) is 5.21. The smallest absolute Gasteiger partial charge is 0.475 e. The molecule has 0 radical (unpaired) electrons. The molecule has 2 aliphatic rings. The highest BCUT2D eigenvalue weighted by Crippen LogP contribution is 2.40. The van der Waals surface area contributed by atoms with Crippen LogP contribution in [-0.4, -0.2) is 58.4 Å². The molecule has 0 amide bonds. The third kappa shape index (κ3) is 5.33. The second kappa shape index (κ2) is 8.80. The summed E-state index contributed by atoms with van der Waals surface area (Å²) in [6, 6.07) is 6.05. The Labute approximate surface area is 170 Å². The quantitative estimate of drug-likeness (QED) is 0.738. The molecule has 0 aromatic carbocycles. The number of rotatable bonds is 2. The van der Waals surface area contributed by atoms with Crippen LogP contribution in [0.25, 0.3) is 0 Å². The van der Waals surface area contributed by atoms with E-state index in [0.717, 1.165) is 44.8 Å². The zero-order valence-electron chi connectivity index (χ0n) is 16.0. The molecule has 2 aromatic rings. The summed E-state index contributed by atoms with van der Waals surface area (Å²) in [5.41, 5.74) is 0.257. The largest absolute Gasteiger partial charge is 0.490 e. The van der Waals surface area contributed by atoms with Gasteiger partial charge >= 0.3 is 12.1 Å². The normalized spacial score (nSPS) is 21.3. The molecule has 0 aliphatic carbocycles. The number of anilines is 2. The summed E-state index contributed by atoms with van der Waals surface area (Å²) >= 11 is 0. The van der Waals surface area contributed by atoms with Crippen LogP contribution in [0, 0.1) is 11.2 Å². The lowest BCUT2D eigenvalue weighted by molar-refractivity contribution is -0.192. The molecule has 30 heavy (non-hydrogen) atoms. The number of halogens is 4. The van der Waals surface area contributed by atoms with E-state index in [2.05, 4.69) is 30.8 Å². The topological polar surface area (TPSA) is 82.5 Å². The molecule has 1 unspecified atom stereocenters. The SMILES string of the molecule is Fc1cnc(N2CCCC3(CCN(c4ccccn4)C3)C2)nc1.O=C(O)C(F)(F)F. The van der Waals surface area contributed by atoms with Crippen LogP contribution in [0.2, 0.25) is 0 Å². The van der Waals surface area contributed by atoms with Gasteiger partial charge in [0.15, 0.2) is 5.82 Å². The van der Waals surface area contributed by atoms with Crippen LogP contribution in [0.15, 0.2) is 36.8 Å². The van der Waals surface area contributed by atoms with Gasteiger partial charge in [-0.25, -0.2) is 24.1 Å². The number of alkyl halides is 3. The van der Waals surface area contributed by atoms with E-state index in [9.17, 15) is 17.6 Å². The minimum atomic E-state index is -5.08. The molecule has 11 heteroatoms. The van der Waals surface area contributed by atoms with Gasteiger partial charge in [-0.05, 0) is 31.4 Å². The molecule has 2 aromatic heterocycles. The average molecular weight is 427 g/mol. The Morgan fingerprint density at radius 1 is 1.03 bits per heavy atom. The van der Waals surface area contributed by atoms with Gasteiger partial charge in [0.2, 0.25) is 5.95 Å².